The van der Waals surface area contributed by atoms with E-state index in [0.29, 0.717) is 5.41 Å². The van der Waals surface area contributed by atoms with E-state index in [1.807, 2.05) is 0 Å². The molecule has 0 aromatic rings. The molecule has 1 N–H and O–H groups in total. The first-order chi connectivity index (χ1) is 9.90. The number of likely N-dealkylation sites (tertiary alicyclic amines) is 1. The minimum Gasteiger partial charge on any atom is -0.311 e. The molecule has 1 aliphatic heterocycles. The van der Waals surface area contributed by atoms with Gasteiger partial charge in [-0.2, -0.15) is 0 Å². The van der Waals surface area contributed by atoms with Crippen molar-refractivity contribution in [2.45, 2.75) is 97.1 Å². The van der Waals surface area contributed by atoms with Crippen LogP contribution in [0.1, 0.15) is 85.5 Å². The van der Waals surface area contributed by atoms with E-state index in [2.05, 4.69) is 37.9 Å². The van der Waals surface area contributed by atoms with Crippen LogP contribution < -0.4 is 5.32 Å². The van der Waals surface area contributed by atoms with Crippen LogP contribution in [0.3, 0.4) is 0 Å². The summed E-state index contributed by atoms with van der Waals surface area (Å²) in [5.74, 6) is 0. The fraction of sp³-hybridized carbons (Fsp3) is 1.00. The normalized spacial score (nSPS) is 28.3. The second-order valence-corrected chi connectivity index (χ2v) is 8.83. The van der Waals surface area contributed by atoms with Gasteiger partial charge in [0.05, 0.1) is 0 Å². The summed E-state index contributed by atoms with van der Waals surface area (Å²) < 4.78 is 0. The van der Waals surface area contributed by atoms with Gasteiger partial charge in [0.2, 0.25) is 0 Å². The lowest BCUT2D eigenvalue weighted by atomic mass is 9.73. The van der Waals surface area contributed by atoms with Crippen molar-refractivity contribution in [1.29, 1.82) is 0 Å². The van der Waals surface area contributed by atoms with Crippen molar-refractivity contribution in [2.24, 2.45) is 5.41 Å². The van der Waals surface area contributed by atoms with Gasteiger partial charge in [0.25, 0.3) is 0 Å². The van der Waals surface area contributed by atoms with Gasteiger partial charge in [-0.25, -0.2) is 0 Å². The fourth-order valence-electron chi connectivity index (χ4n) is 4.15. The lowest BCUT2D eigenvalue weighted by Crippen LogP contribution is -2.51. The van der Waals surface area contributed by atoms with Crippen LogP contribution in [0.15, 0.2) is 0 Å². The third-order valence-electron chi connectivity index (χ3n) is 5.64. The van der Waals surface area contributed by atoms with Crippen molar-refractivity contribution in [2.75, 3.05) is 19.6 Å². The molecule has 0 spiro atoms. The second kappa shape index (κ2) is 7.46. The van der Waals surface area contributed by atoms with Gasteiger partial charge in [-0.3, -0.25) is 0 Å². The molecule has 1 unspecified atom stereocenters. The molecule has 21 heavy (non-hydrogen) atoms. The highest BCUT2D eigenvalue weighted by molar-refractivity contribution is 4.91. The third kappa shape index (κ3) is 5.56. The molecule has 1 atom stereocenters. The Kier molecular flexibility index (Phi) is 6.14. The summed E-state index contributed by atoms with van der Waals surface area (Å²) in [4.78, 5) is 2.82. The first kappa shape index (κ1) is 17.3. The number of hydrogen-bond acceptors (Lipinski definition) is 2. The molecule has 1 saturated carbocycles. The van der Waals surface area contributed by atoms with E-state index < -0.39 is 0 Å². The Bertz CT molecular complexity index is 299. The Morgan fingerprint density at radius 3 is 2.33 bits per heavy atom. The van der Waals surface area contributed by atoms with E-state index in [0.717, 1.165) is 6.04 Å². The number of hydrogen-bond donors (Lipinski definition) is 1. The maximum atomic E-state index is 3.83. The Morgan fingerprint density at radius 1 is 1.00 bits per heavy atom. The summed E-state index contributed by atoms with van der Waals surface area (Å²) in [6.45, 7) is 13.2. The molecule has 1 aliphatic carbocycles. The summed E-state index contributed by atoms with van der Waals surface area (Å²) in [6.07, 6.45) is 12.9. The van der Waals surface area contributed by atoms with Crippen LogP contribution in [0.2, 0.25) is 0 Å². The summed E-state index contributed by atoms with van der Waals surface area (Å²) in [5, 5.41) is 3.83. The van der Waals surface area contributed by atoms with E-state index in [1.165, 1.54) is 77.4 Å². The van der Waals surface area contributed by atoms with Crippen LogP contribution in [0.4, 0.5) is 0 Å². The number of rotatable bonds is 4. The van der Waals surface area contributed by atoms with Crippen LogP contribution >= 0.6 is 0 Å². The molecule has 0 bridgehead atoms. The van der Waals surface area contributed by atoms with E-state index >= 15 is 0 Å². The summed E-state index contributed by atoms with van der Waals surface area (Å²) in [7, 11) is 0. The third-order valence-corrected chi connectivity index (χ3v) is 5.64. The molecule has 0 radical (unpaired) electrons. The van der Waals surface area contributed by atoms with Crippen molar-refractivity contribution in [3.05, 3.63) is 0 Å². The molecule has 1 heterocycles. The van der Waals surface area contributed by atoms with Gasteiger partial charge in [-0.05, 0) is 65.3 Å². The first-order valence-corrected chi connectivity index (χ1v) is 9.39. The SMILES string of the molecule is CC1CCCCCN1CC1(CNC(C)(C)C)CCCCC1. The van der Waals surface area contributed by atoms with Gasteiger partial charge < -0.3 is 10.2 Å². The zero-order valence-corrected chi connectivity index (χ0v) is 15.0. The van der Waals surface area contributed by atoms with Gasteiger partial charge in [0.1, 0.15) is 0 Å². The molecule has 0 aromatic carbocycles. The van der Waals surface area contributed by atoms with Crippen LogP contribution in [0.25, 0.3) is 0 Å². The van der Waals surface area contributed by atoms with Crippen LogP contribution in [0.5, 0.6) is 0 Å². The Hall–Kier alpha value is -0.0800. The lowest BCUT2D eigenvalue weighted by molar-refractivity contribution is 0.0750. The average molecular weight is 295 g/mol. The average Bonchev–Trinajstić information content (AvgIpc) is 2.63. The highest BCUT2D eigenvalue weighted by Crippen LogP contribution is 2.38. The Morgan fingerprint density at radius 2 is 1.67 bits per heavy atom. The zero-order valence-electron chi connectivity index (χ0n) is 15.0. The van der Waals surface area contributed by atoms with Gasteiger partial charge in [0.15, 0.2) is 0 Å². The monoisotopic (exact) mass is 294 g/mol. The van der Waals surface area contributed by atoms with Gasteiger partial charge in [-0.15, -0.1) is 0 Å². The Balaban J connectivity index is 2.00. The zero-order chi connectivity index (χ0) is 15.3. The topological polar surface area (TPSA) is 15.3 Å². The number of nitrogens with zero attached hydrogens (tertiary/aromatic N) is 1. The summed E-state index contributed by atoms with van der Waals surface area (Å²) >= 11 is 0. The lowest BCUT2D eigenvalue weighted by Gasteiger charge is -2.44. The molecule has 2 fully saturated rings. The molecule has 2 nitrogen and oxygen atoms in total. The van der Waals surface area contributed by atoms with Gasteiger partial charge in [-0.1, -0.05) is 32.1 Å². The molecule has 0 aromatic heterocycles. The second-order valence-electron chi connectivity index (χ2n) is 8.83. The van der Waals surface area contributed by atoms with E-state index in [-0.39, 0.29) is 5.54 Å². The standard InChI is InChI=1S/C19H38N2/c1-17-11-7-5-10-14-21(17)16-19(12-8-6-9-13-19)15-20-18(2,3)4/h17,20H,5-16H2,1-4H3. The molecule has 0 amide bonds. The molecule has 2 rings (SSSR count). The largest absolute Gasteiger partial charge is 0.311 e. The Labute approximate surface area is 133 Å². The molecular weight excluding hydrogens is 256 g/mol. The molecular formula is C19H38N2. The van der Waals surface area contributed by atoms with Crippen molar-refractivity contribution in [3.8, 4) is 0 Å². The van der Waals surface area contributed by atoms with E-state index in [1.54, 1.807) is 0 Å². The van der Waals surface area contributed by atoms with Crippen LogP contribution in [-0.2, 0) is 0 Å². The smallest absolute Gasteiger partial charge is 0.00967 e. The molecule has 2 heteroatoms. The highest BCUT2D eigenvalue weighted by Gasteiger charge is 2.35. The summed E-state index contributed by atoms with van der Waals surface area (Å²) in [5.41, 5.74) is 0.777. The van der Waals surface area contributed by atoms with Crippen molar-refractivity contribution < 1.29 is 0 Å². The minimum absolute atomic E-state index is 0.245. The van der Waals surface area contributed by atoms with Gasteiger partial charge >= 0.3 is 0 Å². The molecule has 1 saturated heterocycles. The number of nitrogens with one attached hydrogen (secondary N) is 1. The van der Waals surface area contributed by atoms with Gasteiger partial charge in [0, 0.05) is 24.7 Å². The fourth-order valence-corrected chi connectivity index (χ4v) is 4.15. The van der Waals surface area contributed by atoms with Crippen molar-refractivity contribution in [1.82, 2.24) is 10.2 Å². The predicted octanol–water partition coefficient (Wildman–Crippen LogP) is 4.59. The quantitative estimate of drug-likeness (QED) is 0.816. The first-order valence-electron chi connectivity index (χ1n) is 9.39. The van der Waals surface area contributed by atoms with E-state index in [9.17, 15) is 0 Å². The van der Waals surface area contributed by atoms with E-state index in [4.69, 9.17) is 0 Å². The maximum Gasteiger partial charge on any atom is 0.00967 e. The molecule has 124 valence electrons. The maximum absolute atomic E-state index is 3.83. The van der Waals surface area contributed by atoms with Crippen molar-refractivity contribution in [3.63, 3.8) is 0 Å². The summed E-state index contributed by atoms with van der Waals surface area (Å²) in [6, 6.07) is 0.793. The minimum atomic E-state index is 0.245. The molecule has 2 aliphatic rings. The predicted molar refractivity (Wildman–Crippen MR) is 92.8 cm³/mol. The van der Waals surface area contributed by atoms with Crippen LogP contribution in [-0.4, -0.2) is 36.1 Å². The van der Waals surface area contributed by atoms with Crippen molar-refractivity contribution >= 4 is 0 Å². The highest BCUT2D eigenvalue weighted by atomic mass is 15.2. The van der Waals surface area contributed by atoms with Crippen LogP contribution in [0, 0.1) is 5.41 Å².